The summed E-state index contributed by atoms with van der Waals surface area (Å²) >= 11 is 0. The van der Waals surface area contributed by atoms with E-state index >= 15 is 0 Å². The number of nitrogens with two attached hydrogens (primary N) is 1. The van der Waals surface area contributed by atoms with Crippen LogP contribution in [-0.4, -0.2) is 55.6 Å². The summed E-state index contributed by atoms with van der Waals surface area (Å²) in [6.45, 7) is 2.04. The van der Waals surface area contributed by atoms with Gasteiger partial charge in [0.15, 0.2) is 0 Å². The van der Waals surface area contributed by atoms with Gasteiger partial charge in [-0.1, -0.05) is 19.4 Å². The Morgan fingerprint density at radius 2 is 1.89 bits per heavy atom. The van der Waals surface area contributed by atoms with Gasteiger partial charge in [0.2, 0.25) is 17.8 Å². The van der Waals surface area contributed by atoms with Gasteiger partial charge in [0.1, 0.15) is 11.9 Å². The molecule has 3 amide bonds. The van der Waals surface area contributed by atoms with E-state index < -0.39 is 17.9 Å². The number of nitrogens with zero attached hydrogens (tertiary/aromatic N) is 6. The number of carbonyl (C=O) groups excluding carboxylic acids is 3. The maximum Gasteiger partial charge on any atom is 0.253 e. The van der Waals surface area contributed by atoms with Crippen LogP contribution in [0.3, 0.4) is 0 Å². The predicted octanol–water partition coefficient (Wildman–Crippen LogP) is 2.38. The number of likely N-dealkylation sites (tertiary alicyclic amines) is 1. The first-order chi connectivity index (χ1) is 17.4. The van der Waals surface area contributed by atoms with Gasteiger partial charge >= 0.3 is 0 Å². The minimum absolute atomic E-state index is 0.103. The lowest BCUT2D eigenvalue weighted by Gasteiger charge is -2.46. The Bertz CT molecular complexity index is 1220. The molecule has 36 heavy (non-hydrogen) atoms. The maximum absolute atomic E-state index is 13.6. The molecule has 0 aromatic carbocycles. The highest BCUT2D eigenvalue weighted by Gasteiger charge is 2.55. The average Bonchev–Trinajstić information content (AvgIpc) is 2.90. The molecule has 3 aromatic heterocycles. The SMILES string of the molecule is CCC[C@@H](CC(=O)N1C(=O)[C@H](Cc2ccnc(N)c2)[C@H]1C(=O)N(C)c1ncccn1)c1cccnc1. The summed E-state index contributed by atoms with van der Waals surface area (Å²) in [6.07, 6.45) is 10.0. The molecular weight excluding hydrogens is 458 g/mol. The first kappa shape index (κ1) is 24.9. The number of carbonyl (C=O) groups is 3. The monoisotopic (exact) mass is 487 g/mol. The number of hydrogen-bond acceptors (Lipinski definition) is 8. The second-order valence-corrected chi connectivity index (χ2v) is 8.87. The van der Waals surface area contributed by atoms with Gasteiger partial charge < -0.3 is 5.73 Å². The average molecular weight is 488 g/mol. The minimum Gasteiger partial charge on any atom is -0.384 e. The number of β-lactam (4-membered cyclic amide) rings is 1. The molecule has 1 aliphatic heterocycles. The first-order valence-corrected chi connectivity index (χ1v) is 11.9. The van der Waals surface area contributed by atoms with Crippen LogP contribution >= 0.6 is 0 Å². The molecular formula is C26H29N7O3. The Hall–Kier alpha value is -4.21. The molecule has 0 saturated carbocycles. The Morgan fingerprint density at radius 1 is 1.11 bits per heavy atom. The summed E-state index contributed by atoms with van der Waals surface area (Å²) in [7, 11) is 1.54. The molecule has 1 fully saturated rings. The van der Waals surface area contributed by atoms with Crippen LogP contribution in [0, 0.1) is 5.92 Å². The molecule has 0 aliphatic carbocycles. The Morgan fingerprint density at radius 3 is 2.56 bits per heavy atom. The highest BCUT2D eigenvalue weighted by molar-refractivity contribution is 6.12. The number of aromatic nitrogens is 4. The fraction of sp³-hybridized carbons (Fsp3) is 0.346. The van der Waals surface area contributed by atoms with E-state index in [1.807, 2.05) is 19.1 Å². The van der Waals surface area contributed by atoms with Crippen LogP contribution in [0.5, 0.6) is 0 Å². The molecule has 3 aromatic rings. The summed E-state index contributed by atoms with van der Waals surface area (Å²) in [5.74, 6) is -1.48. The van der Waals surface area contributed by atoms with Gasteiger partial charge in [-0.3, -0.25) is 29.2 Å². The highest BCUT2D eigenvalue weighted by Crippen LogP contribution is 2.35. The van der Waals surface area contributed by atoms with Crippen LogP contribution in [0.4, 0.5) is 11.8 Å². The second kappa shape index (κ2) is 11.0. The van der Waals surface area contributed by atoms with Crippen LogP contribution in [0.2, 0.25) is 0 Å². The van der Waals surface area contributed by atoms with Gasteiger partial charge in [0.05, 0.1) is 5.92 Å². The predicted molar refractivity (Wildman–Crippen MR) is 133 cm³/mol. The van der Waals surface area contributed by atoms with Crippen molar-refractivity contribution in [3.05, 3.63) is 72.4 Å². The largest absolute Gasteiger partial charge is 0.384 e. The smallest absolute Gasteiger partial charge is 0.253 e. The summed E-state index contributed by atoms with van der Waals surface area (Å²) < 4.78 is 0. The number of nitrogen functional groups attached to an aromatic ring is 1. The van der Waals surface area contributed by atoms with E-state index in [1.165, 1.54) is 17.3 Å². The Balaban J connectivity index is 1.60. The number of hydrogen-bond donors (Lipinski definition) is 1. The van der Waals surface area contributed by atoms with Crippen molar-refractivity contribution in [1.29, 1.82) is 0 Å². The summed E-state index contributed by atoms with van der Waals surface area (Å²) in [5, 5.41) is 0. The topological polar surface area (TPSA) is 135 Å². The maximum atomic E-state index is 13.6. The van der Waals surface area contributed by atoms with Gasteiger partial charge in [-0.15, -0.1) is 0 Å². The molecule has 10 heteroatoms. The molecule has 0 radical (unpaired) electrons. The van der Waals surface area contributed by atoms with E-state index in [-0.39, 0.29) is 36.5 Å². The molecule has 1 saturated heterocycles. The van der Waals surface area contributed by atoms with E-state index in [1.54, 1.807) is 43.8 Å². The fourth-order valence-corrected chi connectivity index (χ4v) is 4.61. The summed E-state index contributed by atoms with van der Waals surface area (Å²) in [5.41, 5.74) is 7.50. The highest BCUT2D eigenvalue weighted by atomic mass is 16.2. The van der Waals surface area contributed by atoms with E-state index in [2.05, 4.69) is 19.9 Å². The number of amides is 3. The third kappa shape index (κ3) is 5.22. The van der Waals surface area contributed by atoms with Gasteiger partial charge in [-0.2, -0.15) is 0 Å². The molecule has 4 heterocycles. The van der Waals surface area contributed by atoms with Crippen molar-refractivity contribution in [1.82, 2.24) is 24.8 Å². The Kier molecular flexibility index (Phi) is 7.62. The number of imide groups is 1. The normalized spacial score (nSPS) is 17.8. The van der Waals surface area contributed by atoms with Gasteiger partial charge in [-0.05, 0) is 54.2 Å². The molecule has 10 nitrogen and oxygen atoms in total. The van der Waals surface area contributed by atoms with Gasteiger partial charge in [0.25, 0.3) is 5.91 Å². The van der Waals surface area contributed by atoms with E-state index in [9.17, 15) is 14.4 Å². The zero-order valence-corrected chi connectivity index (χ0v) is 20.3. The zero-order chi connectivity index (χ0) is 25.7. The molecule has 2 N–H and O–H groups in total. The Labute approximate surface area is 209 Å². The number of anilines is 2. The van der Waals surface area contributed by atoms with E-state index in [0.717, 1.165) is 28.9 Å². The second-order valence-electron chi connectivity index (χ2n) is 8.87. The lowest BCUT2D eigenvalue weighted by molar-refractivity contribution is -0.170. The summed E-state index contributed by atoms with van der Waals surface area (Å²) in [4.78, 5) is 59.2. The van der Waals surface area contributed by atoms with Gasteiger partial charge in [0, 0.05) is 44.5 Å². The van der Waals surface area contributed by atoms with Crippen molar-refractivity contribution in [2.75, 3.05) is 17.7 Å². The van der Waals surface area contributed by atoms with Crippen molar-refractivity contribution in [3.63, 3.8) is 0 Å². The third-order valence-corrected chi connectivity index (χ3v) is 6.43. The minimum atomic E-state index is -0.968. The summed E-state index contributed by atoms with van der Waals surface area (Å²) in [6, 6.07) is 7.85. The standard InChI is InChI=1S/C26H29N7O3/c1-3-6-18(19-7-4-9-28-16-19)15-22(34)33-23(25(36)32(2)26-30-10-5-11-31-26)20(24(33)35)13-17-8-12-29-21(27)14-17/h4-5,7-12,14,16,18,20,23H,3,6,13,15H2,1-2H3,(H2,27,29)/t18-,20+,23-/m0/s1. The zero-order valence-electron chi connectivity index (χ0n) is 20.3. The molecule has 186 valence electrons. The van der Waals surface area contributed by atoms with Crippen LogP contribution in [0.1, 0.15) is 43.2 Å². The van der Waals surface area contributed by atoms with E-state index in [0.29, 0.717) is 5.82 Å². The van der Waals surface area contributed by atoms with E-state index in [4.69, 9.17) is 5.73 Å². The van der Waals surface area contributed by atoms with Crippen molar-refractivity contribution >= 4 is 29.5 Å². The third-order valence-electron chi connectivity index (χ3n) is 6.43. The van der Waals surface area contributed by atoms with Crippen LogP contribution < -0.4 is 10.6 Å². The fourth-order valence-electron chi connectivity index (χ4n) is 4.61. The number of rotatable bonds is 9. The number of likely N-dealkylation sites (N-methyl/N-ethyl adjacent to an activating group) is 1. The van der Waals surface area contributed by atoms with Crippen molar-refractivity contribution in [3.8, 4) is 0 Å². The van der Waals surface area contributed by atoms with Gasteiger partial charge in [-0.25, -0.2) is 15.0 Å². The molecule has 0 spiro atoms. The first-order valence-electron chi connectivity index (χ1n) is 11.9. The van der Waals surface area contributed by atoms with Crippen molar-refractivity contribution < 1.29 is 14.4 Å². The van der Waals surface area contributed by atoms with Crippen molar-refractivity contribution in [2.24, 2.45) is 5.92 Å². The molecule has 4 rings (SSSR count). The lowest BCUT2D eigenvalue weighted by Crippen LogP contribution is -2.69. The van der Waals surface area contributed by atoms with Crippen molar-refractivity contribution in [2.45, 2.75) is 44.6 Å². The molecule has 3 atom stereocenters. The lowest BCUT2D eigenvalue weighted by atomic mass is 9.80. The number of pyridine rings is 2. The molecule has 1 aliphatic rings. The molecule has 0 unspecified atom stereocenters. The van der Waals surface area contributed by atoms with Crippen LogP contribution in [0.25, 0.3) is 0 Å². The quantitative estimate of drug-likeness (QED) is 0.455. The van der Waals surface area contributed by atoms with Crippen LogP contribution in [0.15, 0.2) is 61.3 Å². The molecule has 0 bridgehead atoms. The van der Waals surface area contributed by atoms with Crippen LogP contribution in [-0.2, 0) is 20.8 Å².